The molecule has 86 valence electrons. The van der Waals surface area contributed by atoms with Gasteiger partial charge >= 0.3 is 0 Å². The summed E-state index contributed by atoms with van der Waals surface area (Å²) in [6, 6.07) is 0. The Morgan fingerprint density at radius 1 is 0.857 bits per heavy atom. The Bertz CT molecular complexity index is 155. The first-order valence-corrected chi connectivity index (χ1v) is 6.41. The van der Waals surface area contributed by atoms with Crippen molar-refractivity contribution in [1.29, 1.82) is 0 Å². The molecule has 0 aromatic heterocycles. The van der Waals surface area contributed by atoms with Crippen molar-refractivity contribution < 1.29 is 0 Å². The number of hydrogen-bond donors (Lipinski definition) is 0. The predicted molar refractivity (Wildman–Crippen MR) is 66.5 cm³/mol. The van der Waals surface area contributed by atoms with Crippen LogP contribution >= 0.6 is 0 Å². The lowest BCUT2D eigenvalue weighted by Crippen LogP contribution is -2.41. The van der Waals surface area contributed by atoms with Gasteiger partial charge in [-0.3, -0.25) is 0 Å². The molecular formula is C14H30. The van der Waals surface area contributed by atoms with E-state index in [9.17, 15) is 0 Å². The van der Waals surface area contributed by atoms with Crippen LogP contribution in [0.15, 0.2) is 0 Å². The van der Waals surface area contributed by atoms with E-state index in [-0.39, 0.29) is 0 Å². The molecule has 0 saturated heterocycles. The molecule has 0 fully saturated rings. The third kappa shape index (κ3) is 2.15. The van der Waals surface area contributed by atoms with E-state index in [1.165, 1.54) is 25.7 Å². The first-order chi connectivity index (χ1) is 6.41. The molecule has 0 nitrogen and oxygen atoms in total. The summed E-state index contributed by atoms with van der Waals surface area (Å²) in [7, 11) is 0. The maximum absolute atomic E-state index is 2.49. The lowest BCUT2D eigenvalue weighted by molar-refractivity contribution is -0.000686. The Morgan fingerprint density at radius 3 is 1.50 bits per heavy atom. The second kappa shape index (κ2) is 5.19. The average Bonchev–Trinajstić information content (AvgIpc) is 2.25. The van der Waals surface area contributed by atoms with Crippen LogP contribution in [0.1, 0.15) is 74.1 Å². The highest BCUT2D eigenvalue weighted by molar-refractivity contribution is 4.92. The van der Waals surface area contributed by atoms with Gasteiger partial charge in [-0.2, -0.15) is 0 Å². The van der Waals surface area contributed by atoms with Crippen LogP contribution in [-0.2, 0) is 0 Å². The van der Waals surface area contributed by atoms with Gasteiger partial charge in [0.1, 0.15) is 0 Å². The van der Waals surface area contributed by atoms with Crippen LogP contribution in [0.2, 0.25) is 0 Å². The molecule has 0 spiro atoms. The van der Waals surface area contributed by atoms with Crippen molar-refractivity contribution in [3.8, 4) is 0 Å². The van der Waals surface area contributed by atoms with Gasteiger partial charge in [-0.15, -0.1) is 0 Å². The molecule has 0 amide bonds. The predicted octanol–water partition coefficient (Wildman–Crippen LogP) is 5.28. The van der Waals surface area contributed by atoms with Crippen molar-refractivity contribution in [2.75, 3.05) is 0 Å². The van der Waals surface area contributed by atoms with E-state index in [4.69, 9.17) is 0 Å². The summed E-state index contributed by atoms with van der Waals surface area (Å²) in [6.07, 6.45) is 5.22. The topological polar surface area (TPSA) is 0 Å². The molecule has 0 rings (SSSR count). The molecule has 0 N–H and O–H groups in total. The first-order valence-electron chi connectivity index (χ1n) is 6.41. The molecule has 2 unspecified atom stereocenters. The van der Waals surface area contributed by atoms with E-state index in [1.807, 2.05) is 0 Å². The van der Waals surface area contributed by atoms with Gasteiger partial charge in [-0.1, -0.05) is 67.7 Å². The van der Waals surface area contributed by atoms with E-state index < -0.39 is 0 Å². The van der Waals surface area contributed by atoms with Crippen LogP contribution in [-0.4, -0.2) is 0 Å². The fourth-order valence-corrected chi connectivity index (χ4v) is 2.88. The van der Waals surface area contributed by atoms with Crippen LogP contribution < -0.4 is 0 Å². The van der Waals surface area contributed by atoms with Crippen LogP contribution in [0, 0.1) is 16.7 Å². The summed E-state index contributed by atoms with van der Waals surface area (Å²) in [4.78, 5) is 0. The maximum atomic E-state index is 2.49. The van der Waals surface area contributed by atoms with Crippen molar-refractivity contribution in [2.24, 2.45) is 16.7 Å². The average molecular weight is 198 g/mol. The maximum Gasteiger partial charge on any atom is -0.0249 e. The molecule has 2 atom stereocenters. The Balaban J connectivity index is 4.99. The monoisotopic (exact) mass is 198 g/mol. The molecule has 0 aliphatic heterocycles. The second-order valence-corrected chi connectivity index (χ2v) is 5.35. The van der Waals surface area contributed by atoms with Crippen molar-refractivity contribution in [2.45, 2.75) is 74.1 Å². The van der Waals surface area contributed by atoms with Gasteiger partial charge in [0.25, 0.3) is 0 Å². The second-order valence-electron chi connectivity index (χ2n) is 5.35. The standard InChI is InChI=1S/C14H30/c1-8-12(5)14(7,11-4)13(6,9-2)10-3/h12H,8-11H2,1-7H3. The zero-order chi connectivity index (χ0) is 11.4. The molecule has 0 bridgehead atoms. The minimum Gasteiger partial charge on any atom is -0.0651 e. The van der Waals surface area contributed by atoms with Crippen LogP contribution in [0.25, 0.3) is 0 Å². The number of hydrogen-bond acceptors (Lipinski definition) is 0. The molecule has 0 radical (unpaired) electrons. The van der Waals surface area contributed by atoms with Gasteiger partial charge in [0.2, 0.25) is 0 Å². The highest BCUT2D eigenvalue weighted by atomic mass is 14.5. The molecule has 0 heterocycles. The lowest BCUT2D eigenvalue weighted by atomic mass is 9.55. The summed E-state index contributed by atoms with van der Waals surface area (Å²) in [5.41, 5.74) is 1.02. The van der Waals surface area contributed by atoms with E-state index in [2.05, 4.69) is 48.5 Å². The van der Waals surface area contributed by atoms with Crippen LogP contribution in [0.3, 0.4) is 0 Å². The zero-order valence-electron chi connectivity index (χ0n) is 11.4. The molecule has 0 saturated carbocycles. The van der Waals surface area contributed by atoms with E-state index in [0.29, 0.717) is 10.8 Å². The van der Waals surface area contributed by atoms with E-state index >= 15 is 0 Å². The highest BCUT2D eigenvalue weighted by Crippen LogP contribution is 2.52. The fraction of sp³-hybridized carbons (Fsp3) is 1.00. The lowest BCUT2D eigenvalue weighted by Gasteiger charge is -2.50. The Kier molecular flexibility index (Phi) is 5.19. The van der Waals surface area contributed by atoms with E-state index in [1.54, 1.807) is 0 Å². The highest BCUT2D eigenvalue weighted by Gasteiger charge is 2.43. The largest absolute Gasteiger partial charge is 0.0651 e. The summed E-state index contributed by atoms with van der Waals surface area (Å²) in [5.74, 6) is 0.831. The van der Waals surface area contributed by atoms with Gasteiger partial charge in [-0.05, 0) is 23.2 Å². The smallest absolute Gasteiger partial charge is 0.0249 e. The SMILES string of the molecule is CCC(C)C(C)(CC)C(C)(CC)CC. The van der Waals surface area contributed by atoms with Gasteiger partial charge in [0.05, 0.1) is 0 Å². The summed E-state index contributed by atoms with van der Waals surface area (Å²) in [5, 5.41) is 0. The van der Waals surface area contributed by atoms with E-state index in [0.717, 1.165) is 5.92 Å². The molecule has 14 heavy (non-hydrogen) atoms. The van der Waals surface area contributed by atoms with Crippen LogP contribution in [0.5, 0.6) is 0 Å². The Hall–Kier alpha value is 0. The third-order valence-corrected chi connectivity index (χ3v) is 5.37. The van der Waals surface area contributed by atoms with Gasteiger partial charge in [0.15, 0.2) is 0 Å². The van der Waals surface area contributed by atoms with Crippen molar-refractivity contribution in [3.63, 3.8) is 0 Å². The minimum absolute atomic E-state index is 0.505. The molecular weight excluding hydrogens is 168 g/mol. The quantitative estimate of drug-likeness (QED) is 0.545. The summed E-state index contributed by atoms with van der Waals surface area (Å²) in [6.45, 7) is 16.8. The summed E-state index contributed by atoms with van der Waals surface area (Å²) < 4.78 is 0. The molecule has 0 aromatic rings. The van der Waals surface area contributed by atoms with Gasteiger partial charge in [-0.25, -0.2) is 0 Å². The summed E-state index contributed by atoms with van der Waals surface area (Å²) >= 11 is 0. The molecule has 0 heteroatoms. The molecule has 0 aromatic carbocycles. The fourth-order valence-electron chi connectivity index (χ4n) is 2.88. The third-order valence-electron chi connectivity index (χ3n) is 5.37. The Labute approximate surface area is 91.5 Å². The Morgan fingerprint density at radius 2 is 1.29 bits per heavy atom. The van der Waals surface area contributed by atoms with Gasteiger partial charge in [0, 0.05) is 0 Å². The van der Waals surface area contributed by atoms with Crippen LogP contribution in [0.4, 0.5) is 0 Å². The molecule has 0 aliphatic carbocycles. The number of rotatable bonds is 6. The first kappa shape index (κ1) is 14.0. The van der Waals surface area contributed by atoms with Crippen molar-refractivity contribution in [1.82, 2.24) is 0 Å². The normalized spacial score (nSPS) is 19.1. The van der Waals surface area contributed by atoms with Gasteiger partial charge < -0.3 is 0 Å². The van der Waals surface area contributed by atoms with Crippen molar-refractivity contribution in [3.05, 3.63) is 0 Å². The minimum atomic E-state index is 0.505. The van der Waals surface area contributed by atoms with Crippen molar-refractivity contribution >= 4 is 0 Å². The zero-order valence-corrected chi connectivity index (χ0v) is 11.4. The molecule has 0 aliphatic rings.